The second-order valence-corrected chi connectivity index (χ2v) is 3.32. The van der Waals surface area contributed by atoms with E-state index in [2.05, 4.69) is 9.97 Å². The highest BCUT2D eigenvalue weighted by Gasteiger charge is 2.08. The van der Waals surface area contributed by atoms with Gasteiger partial charge < -0.3 is 19.9 Å². The van der Waals surface area contributed by atoms with Crippen molar-refractivity contribution in [2.45, 2.75) is 6.61 Å². The molecule has 0 amide bonds. The average Bonchev–Trinajstić information content (AvgIpc) is 2.77. The monoisotopic (exact) mass is 234 g/mol. The molecular formula is C11H10N2O4. The van der Waals surface area contributed by atoms with Gasteiger partial charge in [-0.1, -0.05) is 12.1 Å². The number of carbonyl (C=O) groups is 1. The van der Waals surface area contributed by atoms with Crippen LogP contribution in [0.1, 0.15) is 16.3 Å². The van der Waals surface area contributed by atoms with Gasteiger partial charge >= 0.3 is 5.97 Å². The Balaban J connectivity index is 2.02. The van der Waals surface area contributed by atoms with Crippen molar-refractivity contribution in [2.24, 2.45) is 0 Å². The van der Waals surface area contributed by atoms with Gasteiger partial charge in [0, 0.05) is 0 Å². The Morgan fingerprint density at radius 1 is 1.41 bits per heavy atom. The second kappa shape index (κ2) is 4.56. The van der Waals surface area contributed by atoms with E-state index in [4.69, 9.17) is 9.84 Å². The minimum Gasteiger partial charge on any atom is -0.504 e. The number of para-hydroxylation sites is 2. The van der Waals surface area contributed by atoms with Crippen LogP contribution in [0, 0.1) is 0 Å². The molecule has 2 aromatic rings. The van der Waals surface area contributed by atoms with Crippen molar-refractivity contribution in [2.75, 3.05) is 0 Å². The molecule has 0 fully saturated rings. The molecule has 0 unspecified atom stereocenters. The van der Waals surface area contributed by atoms with Crippen molar-refractivity contribution in [1.29, 1.82) is 0 Å². The third kappa shape index (κ3) is 2.54. The van der Waals surface area contributed by atoms with E-state index >= 15 is 0 Å². The highest BCUT2D eigenvalue weighted by molar-refractivity contribution is 5.83. The molecule has 6 heteroatoms. The van der Waals surface area contributed by atoms with E-state index in [-0.39, 0.29) is 18.2 Å². The Kier molecular flexibility index (Phi) is 2.95. The Morgan fingerprint density at radius 2 is 2.18 bits per heavy atom. The van der Waals surface area contributed by atoms with Crippen LogP contribution in [0.2, 0.25) is 0 Å². The lowest BCUT2D eigenvalue weighted by molar-refractivity contribution is 0.0684. The summed E-state index contributed by atoms with van der Waals surface area (Å²) in [6.07, 6.45) is 1.38. The molecule has 1 heterocycles. The molecular weight excluding hydrogens is 224 g/mol. The van der Waals surface area contributed by atoms with Gasteiger partial charge in [0.25, 0.3) is 0 Å². The van der Waals surface area contributed by atoms with Crippen molar-refractivity contribution in [1.82, 2.24) is 9.97 Å². The topological polar surface area (TPSA) is 95.4 Å². The van der Waals surface area contributed by atoms with Crippen LogP contribution in [-0.4, -0.2) is 26.2 Å². The number of hydrogen-bond donors (Lipinski definition) is 3. The van der Waals surface area contributed by atoms with Crippen LogP contribution in [0.25, 0.3) is 0 Å². The average molecular weight is 234 g/mol. The summed E-state index contributed by atoms with van der Waals surface area (Å²) in [5.74, 6) is -0.899. The number of rotatable bonds is 4. The van der Waals surface area contributed by atoms with Crippen molar-refractivity contribution >= 4 is 5.97 Å². The predicted octanol–water partition coefficient (Wildman–Crippen LogP) is 1.39. The van der Waals surface area contributed by atoms with Gasteiger partial charge in [0.05, 0.1) is 11.9 Å². The van der Waals surface area contributed by atoms with Gasteiger partial charge in [0.1, 0.15) is 6.61 Å². The lowest BCUT2D eigenvalue weighted by atomic mass is 10.3. The molecule has 0 saturated heterocycles. The number of phenols is 1. The molecule has 2 rings (SSSR count). The third-order valence-electron chi connectivity index (χ3n) is 2.08. The summed E-state index contributed by atoms with van der Waals surface area (Å²) in [5, 5.41) is 18.1. The molecule has 0 atom stereocenters. The molecule has 0 saturated carbocycles. The van der Waals surface area contributed by atoms with Gasteiger partial charge in [0.15, 0.2) is 11.5 Å². The van der Waals surface area contributed by atoms with Crippen LogP contribution in [0.4, 0.5) is 0 Å². The highest BCUT2D eigenvalue weighted by Crippen LogP contribution is 2.24. The summed E-state index contributed by atoms with van der Waals surface area (Å²) in [4.78, 5) is 16.8. The Bertz CT molecular complexity index is 536. The zero-order valence-electron chi connectivity index (χ0n) is 8.75. The van der Waals surface area contributed by atoms with Crippen LogP contribution < -0.4 is 4.74 Å². The number of phenolic OH excluding ortho intramolecular Hbond substituents is 1. The molecule has 6 nitrogen and oxygen atoms in total. The molecule has 17 heavy (non-hydrogen) atoms. The van der Waals surface area contributed by atoms with E-state index in [1.165, 1.54) is 12.3 Å². The first-order valence-electron chi connectivity index (χ1n) is 4.85. The molecule has 0 aliphatic carbocycles. The molecule has 0 aliphatic heterocycles. The Hall–Kier alpha value is -2.50. The largest absolute Gasteiger partial charge is 0.504 e. The Morgan fingerprint density at radius 3 is 2.82 bits per heavy atom. The minimum atomic E-state index is -1.13. The molecule has 0 radical (unpaired) electrons. The third-order valence-corrected chi connectivity index (χ3v) is 2.08. The fourth-order valence-corrected chi connectivity index (χ4v) is 1.28. The maximum absolute atomic E-state index is 10.6. The van der Waals surface area contributed by atoms with E-state index in [0.717, 1.165) is 0 Å². The molecule has 3 N–H and O–H groups in total. The number of imidazole rings is 1. The Labute approximate surface area is 96.5 Å². The number of hydrogen-bond acceptors (Lipinski definition) is 4. The molecule has 0 spiro atoms. The van der Waals surface area contributed by atoms with Gasteiger partial charge in [-0.2, -0.15) is 0 Å². The fourth-order valence-electron chi connectivity index (χ4n) is 1.28. The van der Waals surface area contributed by atoms with Crippen LogP contribution in [0.15, 0.2) is 30.5 Å². The lowest BCUT2D eigenvalue weighted by Crippen LogP contribution is -2.00. The minimum absolute atomic E-state index is 0.0328. The van der Waals surface area contributed by atoms with Crippen LogP contribution >= 0.6 is 0 Å². The van der Waals surface area contributed by atoms with Crippen LogP contribution in [-0.2, 0) is 6.61 Å². The number of benzene rings is 1. The molecule has 0 bridgehead atoms. The zero-order valence-corrected chi connectivity index (χ0v) is 8.75. The number of nitrogens with zero attached hydrogens (tertiary/aromatic N) is 1. The van der Waals surface area contributed by atoms with E-state index in [1.54, 1.807) is 18.2 Å². The van der Waals surface area contributed by atoms with Crippen molar-refractivity contribution in [3.63, 3.8) is 0 Å². The summed E-state index contributed by atoms with van der Waals surface area (Å²) in [6.45, 7) is 0.109. The number of ether oxygens (including phenoxy) is 1. The number of nitrogens with one attached hydrogen (secondary N) is 1. The predicted molar refractivity (Wildman–Crippen MR) is 58.0 cm³/mol. The van der Waals surface area contributed by atoms with Gasteiger partial charge in [-0.15, -0.1) is 0 Å². The maximum atomic E-state index is 10.6. The van der Waals surface area contributed by atoms with E-state index in [1.807, 2.05) is 0 Å². The molecule has 0 aliphatic rings. The molecule has 88 valence electrons. The van der Waals surface area contributed by atoms with E-state index in [0.29, 0.717) is 11.4 Å². The number of aromatic nitrogens is 2. The second-order valence-electron chi connectivity index (χ2n) is 3.32. The SMILES string of the molecule is O=C(O)c1ncc(COc2ccccc2O)[nH]1. The number of carboxylic acids is 1. The fraction of sp³-hybridized carbons (Fsp3) is 0.0909. The smallest absolute Gasteiger partial charge is 0.371 e. The lowest BCUT2D eigenvalue weighted by Gasteiger charge is -2.05. The van der Waals surface area contributed by atoms with Gasteiger partial charge in [-0.3, -0.25) is 0 Å². The number of H-pyrrole nitrogens is 1. The van der Waals surface area contributed by atoms with E-state index in [9.17, 15) is 9.90 Å². The number of aromatic hydroxyl groups is 1. The summed E-state index contributed by atoms with van der Waals surface area (Å²) in [7, 11) is 0. The summed E-state index contributed by atoms with van der Waals surface area (Å²) < 4.78 is 5.30. The van der Waals surface area contributed by atoms with Crippen LogP contribution in [0.5, 0.6) is 11.5 Å². The first-order valence-corrected chi connectivity index (χ1v) is 4.85. The summed E-state index contributed by atoms with van der Waals surface area (Å²) in [6, 6.07) is 6.53. The molecule has 1 aromatic heterocycles. The van der Waals surface area contributed by atoms with Crippen molar-refractivity contribution in [3.8, 4) is 11.5 Å². The highest BCUT2D eigenvalue weighted by atomic mass is 16.5. The van der Waals surface area contributed by atoms with Gasteiger partial charge in [-0.05, 0) is 12.1 Å². The van der Waals surface area contributed by atoms with Crippen molar-refractivity contribution < 1.29 is 19.7 Å². The number of carboxylic acid groups (broad SMARTS) is 1. The van der Waals surface area contributed by atoms with Gasteiger partial charge in [0.2, 0.25) is 5.82 Å². The standard InChI is InChI=1S/C11H10N2O4/c14-8-3-1-2-4-9(8)17-6-7-5-12-10(13-7)11(15)16/h1-5,14H,6H2,(H,12,13)(H,15,16). The number of aromatic carboxylic acids is 1. The van der Waals surface area contributed by atoms with Gasteiger partial charge in [-0.25, -0.2) is 9.78 Å². The first kappa shape index (κ1) is 11.0. The zero-order chi connectivity index (χ0) is 12.3. The quantitative estimate of drug-likeness (QED) is 0.743. The van der Waals surface area contributed by atoms with E-state index < -0.39 is 5.97 Å². The van der Waals surface area contributed by atoms with Crippen LogP contribution in [0.3, 0.4) is 0 Å². The maximum Gasteiger partial charge on any atom is 0.371 e. The first-order chi connectivity index (χ1) is 8.16. The number of aromatic amines is 1. The molecule has 1 aromatic carbocycles. The normalized spacial score (nSPS) is 10.1. The summed E-state index contributed by atoms with van der Waals surface area (Å²) in [5.41, 5.74) is 0.519. The summed E-state index contributed by atoms with van der Waals surface area (Å²) >= 11 is 0. The van der Waals surface area contributed by atoms with Crippen molar-refractivity contribution in [3.05, 3.63) is 42.0 Å².